The van der Waals surface area contributed by atoms with Crippen molar-refractivity contribution in [2.24, 2.45) is 5.92 Å². The molecule has 1 aliphatic heterocycles. The average molecular weight is 376 g/mol. The van der Waals surface area contributed by atoms with Crippen LogP contribution >= 0.6 is 0 Å². The summed E-state index contributed by atoms with van der Waals surface area (Å²) in [4.78, 5) is 26.3. The van der Waals surface area contributed by atoms with E-state index in [9.17, 15) is 18.0 Å². The lowest BCUT2D eigenvalue weighted by molar-refractivity contribution is -0.121. The van der Waals surface area contributed by atoms with Crippen molar-refractivity contribution < 1.29 is 18.0 Å². The van der Waals surface area contributed by atoms with Crippen LogP contribution in [0.2, 0.25) is 0 Å². The predicted octanol–water partition coefficient (Wildman–Crippen LogP) is 1.82. The van der Waals surface area contributed by atoms with Crippen LogP contribution < -0.4 is 10.2 Å². The molecule has 1 aromatic carbocycles. The number of hydrogen-bond donors (Lipinski definition) is 1. The summed E-state index contributed by atoms with van der Waals surface area (Å²) in [5.74, 6) is 0.102. The summed E-state index contributed by atoms with van der Waals surface area (Å²) in [5.41, 5.74) is 1.73. The maximum atomic E-state index is 12.8. The number of nitrogens with one attached hydrogen (secondary N) is 1. The van der Waals surface area contributed by atoms with Gasteiger partial charge in [0.1, 0.15) is 0 Å². The molecule has 0 unspecified atom stereocenters. The molecule has 0 saturated heterocycles. The van der Waals surface area contributed by atoms with Crippen LogP contribution in [0.1, 0.15) is 44.6 Å². The van der Waals surface area contributed by atoms with Gasteiger partial charge in [-0.2, -0.15) is 0 Å². The lowest BCUT2D eigenvalue weighted by Gasteiger charge is -2.18. The van der Waals surface area contributed by atoms with Gasteiger partial charge in [0.05, 0.1) is 10.1 Å². The number of amides is 2. The van der Waals surface area contributed by atoms with Gasteiger partial charge in [0.2, 0.25) is 11.8 Å². The molecule has 0 bridgehead atoms. The van der Waals surface area contributed by atoms with Gasteiger partial charge in [-0.05, 0) is 62.8 Å². The van der Waals surface area contributed by atoms with E-state index in [1.54, 1.807) is 30.0 Å². The second-order valence-corrected chi connectivity index (χ2v) is 10.1. The van der Waals surface area contributed by atoms with Crippen molar-refractivity contribution >= 4 is 27.3 Å². The van der Waals surface area contributed by atoms with E-state index in [0.717, 1.165) is 36.9 Å². The molecule has 1 aromatic rings. The Labute approximate surface area is 153 Å². The summed E-state index contributed by atoms with van der Waals surface area (Å²) in [6, 6.07) is 5.22. The minimum atomic E-state index is -3.58. The molecule has 3 aliphatic rings. The summed E-state index contributed by atoms with van der Waals surface area (Å²) in [6.07, 6.45) is 4.52. The quantitative estimate of drug-likeness (QED) is 0.821. The van der Waals surface area contributed by atoms with E-state index in [1.807, 2.05) is 0 Å². The molecule has 0 radical (unpaired) electrons. The highest BCUT2D eigenvalue weighted by Crippen LogP contribution is 2.37. The van der Waals surface area contributed by atoms with E-state index in [-0.39, 0.29) is 35.1 Å². The maximum Gasteiger partial charge on any atom is 0.230 e. The third-order valence-corrected chi connectivity index (χ3v) is 7.55. The smallest absolute Gasteiger partial charge is 0.230 e. The van der Waals surface area contributed by atoms with Gasteiger partial charge in [-0.15, -0.1) is 0 Å². The summed E-state index contributed by atoms with van der Waals surface area (Å²) in [6.45, 7) is 2.20. The summed E-state index contributed by atoms with van der Waals surface area (Å²) < 4.78 is 25.7. The van der Waals surface area contributed by atoms with Gasteiger partial charge < -0.3 is 10.2 Å². The third-order valence-electron chi connectivity index (χ3n) is 5.41. The van der Waals surface area contributed by atoms with Crippen molar-refractivity contribution in [2.45, 2.75) is 61.6 Å². The number of fused-ring (bicyclic) bond motifs is 1. The standard InChI is InChI=1S/C19H24N2O4S/c1-12(10-18(22)20-15-4-5-15)26(24,25)16-6-7-17-14(11-16)8-9-21(17)19(23)13-2-3-13/h6-7,11-13,15H,2-5,8-10H2,1H3,(H,20,22)/t12-/m1/s1. The topological polar surface area (TPSA) is 83.6 Å². The molecule has 2 saturated carbocycles. The van der Waals surface area contributed by atoms with E-state index in [0.29, 0.717) is 13.0 Å². The molecule has 140 valence electrons. The largest absolute Gasteiger partial charge is 0.353 e. The first-order chi connectivity index (χ1) is 12.4. The van der Waals surface area contributed by atoms with E-state index in [2.05, 4.69) is 5.32 Å². The first-order valence-electron chi connectivity index (χ1n) is 9.34. The Kier molecular flexibility index (Phi) is 4.29. The number of carbonyl (C=O) groups excluding carboxylic acids is 2. The Morgan fingerprint density at radius 2 is 1.96 bits per heavy atom. The summed E-state index contributed by atoms with van der Waals surface area (Å²) in [5, 5.41) is 2.06. The van der Waals surface area contributed by atoms with Crippen molar-refractivity contribution in [1.29, 1.82) is 0 Å². The Hall–Kier alpha value is -1.89. The van der Waals surface area contributed by atoms with Crippen LogP contribution in [0, 0.1) is 5.92 Å². The normalized spacial score (nSPS) is 20.6. The van der Waals surface area contributed by atoms with Crippen molar-refractivity contribution in [3.05, 3.63) is 23.8 Å². The molecule has 2 amide bonds. The van der Waals surface area contributed by atoms with Gasteiger partial charge in [-0.1, -0.05) is 0 Å². The second kappa shape index (κ2) is 6.37. The number of hydrogen-bond acceptors (Lipinski definition) is 4. The van der Waals surface area contributed by atoms with Gasteiger partial charge in [-0.3, -0.25) is 9.59 Å². The fourth-order valence-corrected chi connectivity index (χ4v) is 4.85. The molecule has 26 heavy (non-hydrogen) atoms. The first-order valence-corrected chi connectivity index (χ1v) is 10.9. The minimum Gasteiger partial charge on any atom is -0.353 e. The number of sulfone groups is 1. The van der Waals surface area contributed by atoms with Gasteiger partial charge in [0, 0.05) is 30.6 Å². The molecule has 2 fully saturated rings. The van der Waals surface area contributed by atoms with Crippen molar-refractivity contribution in [3.63, 3.8) is 0 Å². The van der Waals surface area contributed by atoms with Crippen LogP contribution in [0.3, 0.4) is 0 Å². The van der Waals surface area contributed by atoms with E-state index >= 15 is 0 Å². The summed E-state index contributed by atoms with van der Waals surface area (Å²) >= 11 is 0. The average Bonchev–Trinajstić information content (AvgIpc) is 3.52. The van der Waals surface area contributed by atoms with Crippen LogP contribution in [-0.2, 0) is 25.8 Å². The number of benzene rings is 1. The fourth-order valence-electron chi connectivity index (χ4n) is 3.45. The van der Waals surface area contributed by atoms with Gasteiger partial charge in [-0.25, -0.2) is 8.42 Å². The zero-order chi connectivity index (χ0) is 18.5. The zero-order valence-electron chi connectivity index (χ0n) is 14.9. The van der Waals surface area contributed by atoms with Crippen molar-refractivity contribution in [1.82, 2.24) is 5.32 Å². The third kappa shape index (κ3) is 3.37. The number of rotatable bonds is 6. The highest BCUT2D eigenvalue weighted by atomic mass is 32.2. The molecule has 1 N–H and O–H groups in total. The summed E-state index contributed by atoms with van der Waals surface area (Å²) in [7, 11) is -3.58. The molecular weight excluding hydrogens is 352 g/mol. The molecule has 7 heteroatoms. The Balaban J connectivity index is 1.50. The Bertz CT molecular complexity index is 856. The first kappa shape index (κ1) is 17.5. The lowest BCUT2D eigenvalue weighted by Crippen LogP contribution is -2.31. The highest BCUT2D eigenvalue weighted by molar-refractivity contribution is 7.92. The van der Waals surface area contributed by atoms with Gasteiger partial charge in [0.15, 0.2) is 9.84 Å². The molecule has 1 heterocycles. The Morgan fingerprint density at radius 3 is 2.62 bits per heavy atom. The van der Waals surface area contributed by atoms with E-state index in [1.165, 1.54) is 0 Å². The highest BCUT2D eigenvalue weighted by Gasteiger charge is 2.37. The fraction of sp³-hybridized carbons (Fsp3) is 0.579. The van der Waals surface area contributed by atoms with E-state index in [4.69, 9.17) is 0 Å². The second-order valence-electron chi connectivity index (χ2n) is 7.71. The van der Waals surface area contributed by atoms with E-state index < -0.39 is 15.1 Å². The molecule has 6 nitrogen and oxygen atoms in total. The zero-order valence-corrected chi connectivity index (χ0v) is 15.7. The van der Waals surface area contributed by atoms with Crippen LogP contribution in [0.15, 0.2) is 23.1 Å². The number of anilines is 1. The monoisotopic (exact) mass is 376 g/mol. The van der Waals surface area contributed by atoms with Crippen molar-refractivity contribution in [2.75, 3.05) is 11.4 Å². The SMILES string of the molecule is C[C@H](CC(=O)NC1CC1)S(=O)(=O)c1ccc2c(c1)CCN2C(=O)C1CC1. The van der Waals surface area contributed by atoms with Crippen LogP contribution in [-0.4, -0.2) is 38.1 Å². The van der Waals surface area contributed by atoms with Gasteiger partial charge >= 0.3 is 0 Å². The number of nitrogens with zero attached hydrogens (tertiary/aromatic N) is 1. The minimum absolute atomic E-state index is 0.0256. The van der Waals surface area contributed by atoms with Crippen LogP contribution in [0.5, 0.6) is 0 Å². The van der Waals surface area contributed by atoms with Crippen molar-refractivity contribution in [3.8, 4) is 0 Å². The lowest BCUT2D eigenvalue weighted by atomic mass is 10.2. The van der Waals surface area contributed by atoms with Crippen LogP contribution in [0.25, 0.3) is 0 Å². The number of carbonyl (C=O) groups is 2. The molecule has 4 rings (SSSR count). The molecule has 0 aromatic heterocycles. The molecule has 2 aliphatic carbocycles. The molecular formula is C19H24N2O4S. The maximum absolute atomic E-state index is 12.8. The molecule has 0 spiro atoms. The predicted molar refractivity (Wildman–Crippen MR) is 97.7 cm³/mol. The van der Waals surface area contributed by atoms with Gasteiger partial charge in [0.25, 0.3) is 0 Å². The molecule has 1 atom stereocenters. The Morgan fingerprint density at radius 1 is 1.23 bits per heavy atom. The van der Waals surface area contributed by atoms with Crippen LogP contribution in [0.4, 0.5) is 5.69 Å².